The standard InChI is InChI=1S/C10H18N2S/c13-10(12-7-4-8-12)11-9-5-2-1-3-6-9/h9H,1-8H2,(H,11,13). The highest BCUT2D eigenvalue weighted by molar-refractivity contribution is 7.80. The van der Waals surface area contributed by atoms with Crippen LogP contribution in [0.5, 0.6) is 0 Å². The molecular formula is C10H18N2S. The summed E-state index contributed by atoms with van der Waals surface area (Å²) in [7, 11) is 0. The molecule has 0 unspecified atom stereocenters. The Hall–Kier alpha value is -0.310. The van der Waals surface area contributed by atoms with Gasteiger partial charge in [-0.25, -0.2) is 0 Å². The fourth-order valence-corrected chi connectivity index (χ4v) is 2.38. The molecule has 2 nitrogen and oxygen atoms in total. The molecule has 0 amide bonds. The van der Waals surface area contributed by atoms with Gasteiger partial charge in [-0.05, 0) is 31.5 Å². The molecule has 1 N–H and O–H groups in total. The highest BCUT2D eigenvalue weighted by Gasteiger charge is 2.20. The molecule has 0 aromatic heterocycles. The molecule has 1 saturated heterocycles. The Balaban J connectivity index is 1.72. The summed E-state index contributed by atoms with van der Waals surface area (Å²) < 4.78 is 0. The van der Waals surface area contributed by atoms with Crippen LogP contribution in [0.15, 0.2) is 0 Å². The van der Waals surface area contributed by atoms with Crippen LogP contribution < -0.4 is 5.32 Å². The first kappa shape index (κ1) is 9.25. The zero-order chi connectivity index (χ0) is 9.10. The van der Waals surface area contributed by atoms with Gasteiger partial charge >= 0.3 is 0 Å². The fraction of sp³-hybridized carbons (Fsp3) is 0.900. The minimum Gasteiger partial charge on any atom is -0.360 e. The molecule has 13 heavy (non-hydrogen) atoms. The molecule has 0 aromatic rings. The fourth-order valence-electron chi connectivity index (χ4n) is 2.03. The third kappa shape index (κ3) is 2.33. The Morgan fingerprint density at radius 1 is 1.08 bits per heavy atom. The SMILES string of the molecule is S=C(NC1CCCCC1)N1CCC1. The van der Waals surface area contributed by atoms with Crippen LogP contribution in [-0.2, 0) is 0 Å². The predicted octanol–water partition coefficient (Wildman–Crippen LogP) is 1.90. The van der Waals surface area contributed by atoms with E-state index in [4.69, 9.17) is 12.2 Å². The minimum absolute atomic E-state index is 0.668. The molecular weight excluding hydrogens is 180 g/mol. The Bertz CT molecular complexity index is 183. The largest absolute Gasteiger partial charge is 0.360 e. The zero-order valence-electron chi connectivity index (χ0n) is 8.09. The van der Waals surface area contributed by atoms with Gasteiger partial charge in [-0.1, -0.05) is 19.3 Å². The molecule has 0 radical (unpaired) electrons. The van der Waals surface area contributed by atoms with E-state index in [1.165, 1.54) is 51.6 Å². The maximum Gasteiger partial charge on any atom is 0.169 e. The number of rotatable bonds is 1. The third-order valence-corrected chi connectivity index (χ3v) is 3.45. The van der Waals surface area contributed by atoms with E-state index < -0.39 is 0 Å². The molecule has 1 aliphatic carbocycles. The number of likely N-dealkylation sites (tertiary alicyclic amines) is 1. The lowest BCUT2D eigenvalue weighted by molar-refractivity contribution is 0.286. The molecule has 1 saturated carbocycles. The molecule has 0 atom stereocenters. The van der Waals surface area contributed by atoms with E-state index in [9.17, 15) is 0 Å². The number of nitrogens with one attached hydrogen (secondary N) is 1. The molecule has 2 rings (SSSR count). The van der Waals surface area contributed by atoms with E-state index in [0.717, 1.165) is 5.11 Å². The summed E-state index contributed by atoms with van der Waals surface area (Å²) >= 11 is 5.32. The van der Waals surface area contributed by atoms with Crippen LogP contribution in [-0.4, -0.2) is 29.1 Å². The van der Waals surface area contributed by atoms with Crippen molar-refractivity contribution in [2.45, 2.75) is 44.6 Å². The zero-order valence-corrected chi connectivity index (χ0v) is 8.91. The Morgan fingerprint density at radius 2 is 1.77 bits per heavy atom. The summed E-state index contributed by atoms with van der Waals surface area (Å²) in [6.45, 7) is 2.33. The number of hydrogen-bond acceptors (Lipinski definition) is 1. The van der Waals surface area contributed by atoms with Crippen LogP contribution >= 0.6 is 12.2 Å². The molecule has 1 aliphatic heterocycles. The van der Waals surface area contributed by atoms with Crippen molar-refractivity contribution in [2.24, 2.45) is 0 Å². The monoisotopic (exact) mass is 198 g/mol. The van der Waals surface area contributed by atoms with E-state index >= 15 is 0 Å². The molecule has 74 valence electrons. The Labute approximate surface area is 85.7 Å². The number of thiocarbonyl (C=S) groups is 1. The van der Waals surface area contributed by atoms with Gasteiger partial charge in [-0.15, -0.1) is 0 Å². The maximum absolute atomic E-state index is 5.32. The van der Waals surface area contributed by atoms with Crippen molar-refractivity contribution in [3.05, 3.63) is 0 Å². The van der Waals surface area contributed by atoms with Crippen molar-refractivity contribution in [3.63, 3.8) is 0 Å². The van der Waals surface area contributed by atoms with E-state index in [1.807, 2.05) is 0 Å². The number of hydrogen-bond donors (Lipinski definition) is 1. The topological polar surface area (TPSA) is 15.3 Å². The van der Waals surface area contributed by atoms with Gasteiger partial charge in [0.1, 0.15) is 0 Å². The first-order valence-corrected chi connectivity index (χ1v) is 5.82. The van der Waals surface area contributed by atoms with Crippen molar-refractivity contribution < 1.29 is 0 Å². The van der Waals surface area contributed by atoms with E-state index in [0.29, 0.717) is 6.04 Å². The predicted molar refractivity (Wildman–Crippen MR) is 58.8 cm³/mol. The molecule has 1 heterocycles. The lowest BCUT2D eigenvalue weighted by Crippen LogP contribution is -2.50. The summed E-state index contributed by atoms with van der Waals surface area (Å²) in [6, 6.07) is 0.668. The average molecular weight is 198 g/mol. The van der Waals surface area contributed by atoms with Gasteiger partial charge in [-0.3, -0.25) is 0 Å². The third-order valence-electron chi connectivity index (χ3n) is 3.08. The van der Waals surface area contributed by atoms with Gasteiger partial charge in [0.15, 0.2) is 5.11 Å². The summed E-state index contributed by atoms with van der Waals surface area (Å²) in [5, 5.41) is 4.48. The quantitative estimate of drug-likeness (QED) is 0.648. The summed E-state index contributed by atoms with van der Waals surface area (Å²) in [5.41, 5.74) is 0. The normalized spacial score (nSPS) is 23.8. The van der Waals surface area contributed by atoms with Crippen LogP contribution in [0.2, 0.25) is 0 Å². The first-order valence-electron chi connectivity index (χ1n) is 5.42. The highest BCUT2D eigenvalue weighted by atomic mass is 32.1. The molecule has 2 aliphatic rings. The van der Waals surface area contributed by atoms with Crippen molar-refractivity contribution >= 4 is 17.3 Å². The van der Waals surface area contributed by atoms with Crippen LogP contribution in [0.4, 0.5) is 0 Å². The van der Waals surface area contributed by atoms with Gasteiger partial charge < -0.3 is 10.2 Å². The first-order chi connectivity index (χ1) is 6.36. The van der Waals surface area contributed by atoms with Gasteiger partial charge in [0.05, 0.1) is 0 Å². The van der Waals surface area contributed by atoms with E-state index in [2.05, 4.69) is 10.2 Å². The van der Waals surface area contributed by atoms with Crippen LogP contribution in [0, 0.1) is 0 Å². The lowest BCUT2D eigenvalue weighted by atomic mass is 9.96. The molecule has 2 fully saturated rings. The van der Waals surface area contributed by atoms with Crippen molar-refractivity contribution in [1.29, 1.82) is 0 Å². The number of nitrogens with zero attached hydrogens (tertiary/aromatic N) is 1. The van der Waals surface area contributed by atoms with Crippen LogP contribution in [0.25, 0.3) is 0 Å². The summed E-state index contributed by atoms with van der Waals surface area (Å²) in [4.78, 5) is 2.27. The minimum atomic E-state index is 0.668. The molecule has 0 aromatic carbocycles. The van der Waals surface area contributed by atoms with Crippen molar-refractivity contribution in [1.82, 2.24) is 10.2 Å². The second kappa shape index (κ2) is 4.27. The maximum atomic E-state index is 5.32. The Kier molecular flexibility index (Phi) is 3.04. The van der Waals surface area contributed by atoms with Crippen molar-refractivity contribution in [3.8, 4) is 0 Å². The van der Waals surface area contributed by atoms with E-state index in [1.54, 1.807) is 0 Å². The smallest absolute Gasteiger partial charge is 0.169 e. The average Bonchev–Trinajstić information content (AvgIpc) is 2.02. The van der Waals surface area contributed by atoms with Crippen molar-refractivity contribution in [2.75, 3.05) is 13.1 Å². The molecule has 0 bridgehead atoms. The van der Waals surface area contributed by atoms with Crippen LogP contribution in [0.3, 0.4) is 0 Å². The Morgan fingerprint density at radius 3 is 2.31 bits per heavy atom. The summed E-state index contributed by atoms with van der Waals surface area (Å²) in [5.74, 6) is 0. The lowest BCUT2D eigenvalue weighted by Gasteiger charge is -2.36. The highest BCUT2D eigenvalue weighted by Crippen LogP contribution is 2.18. The van der Waals surface area contributed by atoms with E-state index in [-0.39, 0.29) is 0 Å². The molecule has 3 heteroatoms. The molecule has 0 spiro atoms. The second-order valence-corrected chi connectivity index (χ2v) is 4.51. The summed E-state index contributed by atoms with van der Waals surface area (Å²) in [6.07, 6.45) is 8.10. The van der Waals surface area contributed by atoms with Gasteiger partial charge in [0.25, 0.3) is 0 Å². The second-order valence-electron chi connectivity index (χ2n) is 4.13. The van der Waals surface area contributed by atoms with Gasteiger partial charge in [-0.2, -0.15) is 0 Å². The van der Waals surface area contributed by atoms with Gasteiger partial charge in [0, 0.05) is 19.1 Å². The van der Waals surface area contributed by atoms with Gasteiger partial charge in [0.2, 0.25) is 0 Å². The van der Waals surface area contributed by atoms with Crippen LogP contribution in [0.1, 0.15) is 38.5 Å².